The molecule has 0 radical (unpaired) electrons. The summed E-state index contributed by atoms with van der Waals surface area (Å²) in [7, 11) is 0. The van der Waals surface area contributed by atoms with Crippen LogP contribution in [-0.2, 0) is 0 Å². The first-order valence-electron chi connectivity index (χ1n) is 7.28. The monoisotopic (exact) mass is 294 g/mol. The zero-order valence-electron chi connectivity index (χ0n) is 11.5. The smallest absolute Gasteiger partial charge is 0.157 e. The van der Waals surface area contributed by atoms with Crippen molar-refractivity contribution in [1.82, 2.24) is 5.32 Å². The molecular formula is C15H22N2S2. The van der Waals surface area contributed by atoms with Gasteiger partial charge in [0, 0.05) is 17.2 Å². The third kappa shape index (κ3) is 3.00. The summed E-state index contributed by atoms with van der Waals surface area (Å²) in [6.45, 7) is 3.28. The Bertz CT molecular complexity index is 433. The van der Waals surface area contributed by atoms with Crippen molar-refractivity contribution in [2.24, 2.45) is 10.4 Å². The summed E-state index contributed by atoms with van der Waals surface area (Å²) in [5.74, 6) is 1.26. The van der Waals surface area contributed by atoms with Crippen molar-refractivity contribution in [3.05, 3.63) is 22.4 Å². The zero-order valence-corrected chi connectivity index (χ0v) is 13.2. The number of hydrogen-bond donors (Lipinski definition) is 1. The molecule has 1 spiro atoms. The van der Waals surface area contributed by atoms with E-state index in [9.17, 15) is 0 Å². The number of thioether (sulfide) groups is 1. The van der Waals surface area contributed by atoms with Crippen molar-refractivity contribution >= 4 is 28.3 Å². The van der Waals surface area contributed by atoms with Crippen LogP contribution in [0.25, 0.3) is 0 Å². The van der Waals surface area contributed by atoms with Crippen molar-refractivity contribution in [2.75, 3.05) is 12.3 Å². The van der Waals surface area contributed by atoms with Crippen LogP contribution in [0.1, 0.15) is 49.9 Å². The molecule has 1 fully saturated rings. The van der Waals surface area contributed by atoms with E-state index in [-0.39, 0.29) is 0 Å². The normalized spacial score (nSPS) is 23.3. The highest BCUT2D eigenvalue weighted by atomic mass is 32.2. The lowest BCUT2D eigenvalue weighted by Gasteiger charge is -2.32. The Morgan fingerprint density at radius 3 is 2.84 bits per heavy atom. The molecule has 0 saturated heterocycles. The van der Waals surface area contributed by atoms with E-state index < -0.39 is 0 Å². The summed E-state index contributed by atoms with van der Waals surface area (Å²) in [4.78, 5) is 6.26. The third-order valence-electron chi connectivity index (χ3n) is 4.33. The first-order chi connectivity index (χ1) is 9.31. The number of hydrogen-bond acceptors (Lipinski definition) is 4. The summed E-state index contributed by atoms with van der Waals surface area (Å²) in [5, 5.41) is 6.96. The molecule has 1 unspecified atom stereocenters. The molecule has 1 aromatic heterocycles. The van der Waals surface area contributed by atoms with Gasteiger partial charge in [0.1, 0.15) is 0 Å². The summed E-state index contributed by atoms with van der Waals surface area (Å²) >= 11 is 3.78. The van der Waals surface area contributed by atoms with Crippen molar-refractivity contribution in [3.8, 4) is 0 Å². The van der Waals surface area contributed by atoms with E-state index in [1.165, 1.54) is 36.3 Å². The number of amidine groups is 1. The van der Waals surface area contributed by atoms with E-state index in [0.717, 1.165) is 18.1 Å². The minimum atomic E-state index is 0.434. The Morgan fingerprint density at radius 1 is 1.42 bits per heavy atom. The van der Waals surface area contributed by atoms with Crippen LogP contribution in [0.5, 0.6) is 0 Å². The van der Waals surface area contributed by atoms with Crippen molar-refractivity contribution < 1.29 is 0 Å². The second-order valence-electron chi connectivity index (χ2n) is 5.74. The summed E-state index contributed by atoms with van der Waals surface area (Å²) in [6.07, 6.45) is 6.71. The number of nitrogens with one attached hydrogen (secondary N) is 1. The first kappa shape index (κ1) is 13.5. The van der Waals surface area contributed by atoms with E-state index in [4.69, 9.17) is 4.99 Å². The summed E-state index contributed by atoms with van der Waals surface area (Å²) in [6, 6.07) is 4.79. The van der Waals surface area contributed by atoms with E-state index in [0.29, 0.717) is 11.5 Å². The molecule has 4 heteroatoms. The second-order valence-corrected chi connectivity index (χ2v) is 7.68. The standard InChI is InChI=1S/C15H22N2S2/c1-2-12(13-6-5-9-18-13)17-14-16-10-15(11-19-14)7-3-4-8-15/h5-6,9,12H,2-4,7-8,10-11H2,1H3,(H,16,17). The van der Waals surface area contributed by atoms with Gasteiger partial charge in [-0.1, -0.05) is 37.6 Å². The molecule has 19 heavy (non-hydrogen) atoms. The van der Waals surface area contributed by atoms with Gasteiger partial charge in [-0.25, -0.2) is 0 Å². The van der Waals surface area contributed by atoms with Crippen molar-refractivity contribution in [1.29, 1.82) is 0 Å². The molecule has 3 rings (SSSR count). The zero-order chi connectivity index (χ0) is 13.1. The minimum absolute atomic E-state index is 0.434. The maximum Gasteiger partial charge on any atom is 0.157 e. The molecule has 1 N–H and O–H groups in total. The lowest BCUT2D eigenvalue weighted by Crippen LogP contribution is -2.34. The summed E-state index contributed by atoms with van der Waals surface area (Å²) in [5.41, 5.74) is 0.542. The van der Waals surface area contributed by atoms with Crippen LogP contribution in [0.3, 0.4) is 0 Å². The molecule has 0 amide bonds. The Hall–Kier alpha value is -0.480. The molecule has 104 valence electrons. The molecule has 2 nitrogen and oxygen atoms in total. The largest absolute Gasteiger partial charge is 0.357 e. The van der Waals surface area contributed by atoms with Crippen LogP contribution in [0.4, 0.5) is 0 Å². The summed E-state index contributed by atoms with van der Waals surface area (Å²) < 4.78 is 0. The van der Waals surface area contributed by atoms with Gasteiger partial charge in [-0.15, -0.1) is 11.3 Å². The lowest BCUT2D eigenvalue weighted by molar-refractivity contribution is 0.358. The van der Waals surface area contributed by atoms with Crippen molar-refractivity contribution in [3.63, 3.8) is 0 Å². The fraction of sp³-hybridized carbons (Fsp3) is 0.667. The highest BCUT2D eigenvalue weighted by Gasteiger charge is 2.36. The van der Waals surface area contributed by atoms with Gasteiger partial charge in [-0.3, -0.25) is 4.99 Å². The van der Waals surface area contributed by atoms with Gasteiger partial charge in [-0.05, 0) is 36.1 Å². The predicted molar refractivity (Wildman–Crippen MR) is 86.1 cm³/mol. The Morgan fingerprint density at radius 2 is 2.26 bits per heavy atom. The maximum absolute atomic E-state index is 4.84. The SMILES string of the molecule is CCC(NC1=NCC2(CCCC2)CS1)c1cccs1. The fourth-order valence-corrected chi connectivity index (χ4v) is 5.15. The second kappa shape index (κ2) is 5.88. The van der Waals surface area contributed by atoms with Gasteiger partial charge in [0.25, 0.3) is 0 Å². The molecule has 1 aromatic rings. The van der Waals surface area contributed by atoms with Crippen LogP contribution in [-0.4, -0.2) is 17.5 Å². The van der Waals surface area contributed by atoms with Crippen LogP contribution in [0.15, 0.2) is 22.5 Å². The van der Waals surface area contributed by atoms with Crippen LogP contribution in [0, 0.1) is 5.41 Å². The van der Waals surface area contributed by atoms with Gasteiger partial charge in [0.15, 0.2) is 5.17 Å². The molecule has 1 atom stereocenters. The van der Waals surface area contributed by atoms with Gasteiger partial charge in [0.05, 0.1) is 6.04 Å². The molecule has 1 aliphatic carbocycles. The first-order valence-corrected chi connectivity index (χ1v) is 9.15. The van der Waals surface area contributed by atoms with E-state index >= 15 is 0 Å². The molecule has 1 aliphatic heterocycles. The van der Waals surface area contributed by atoms with Crippen LogP contribution in [0.2, 0.25) is 0 Å². The molecule has 2 heterocycles. The van der Waals surface area contributed by atoms with Gasteiger partial charge < -0.3 is 5.32 Å². The quantitative estimate of drug-likeness (QED) is 0.890. The predicted octanol–water partition coefficient (Wildman–Crippen LogP) is 4.45. The van der Waals surface area contributed by atoms with Gasteiger partial charge in [0.2, 0.25) is 0 Å². The number of aliphatic imine (C=N–C) groups is 1. The Kier molecular flexibility index (Phi) is 4.18. The molecular weight excluding hydrogens is 272 g/mol. The number of rotatable bonds is 3. The molecule has 1 saturated carbocycles. The fourth-order valence-electron chi connectivity index (χ4n) is 3.08. The molecule has 0 aromatic carbocycles. The average molecular weight is 294 g/mol. The van der Waals surface area contributed by atoms with Crippen LogP contribution >= 0.6 is 23.1 Å². The number of thiophene rings is 1. The van der Waals surface area contributed by atoms with Gasteiger partial charge >= 0.3 is 0 Å². The average Bonchev–Trinajstić information content (AvgIpc) is 3.10. The maximum atomic E-state index is 4.84. The Labute approximate surface area is 124 Å². The molecule has 0 bridgehead atoms. The molecule has 2 aliphatic rings. The van der Waals surface area contributed by atoms with Crippen molar-refractivity contribution in [2.45, 2.75) is 45.1 Å². The topological polar surface area (TPSA) is 24.4 Å². The Balaban J connectivity index is 1.62. The lowest BCUT2D eigenvalue weighted by atomic mass is 9.89. The number of nitrogens with zero attached hydrogens (tertiary/aromatic N) is 1. The highest BCUT2D eigenvalue weighted by molar-refractivity contribution is 8.13. The van der Waals surface area contributed by atoms with Gasteiger partial charge in [-0.2, -0.15) is 0 Å². The van der Waals surface area contributed by atoms with E-state index in [1.54, 1.807) is 0 Å². The van der Waals surface area contributed by atoms with E-state index in [2.05, 4.69) is 29.8 Å². The van der Waals surface area contributed by atoms with Crippen LogP contribution < -0.4 is 5.32 Å². The minimum Gasteiger partial charge on any atom is -0.357 e. The highest BCUT2D eigenvalue weighted by Crippen LogP contribution is 2.43. The third-order valence-corrected chi connectivity index (χ3v) is 6.59. The van der Waals surface area contributed by atoms with E-state index in [1.807, 2.05) is 23.1 Å².